The molecule has 0 bridgehead atoms. The zero-order chi connectivity index (χ0) is 13.1. The van der Waals surface area contributed by atoms with Crippen molar-refractivity contribution in [3.8, 4) is 5.75 Å². The normalized spacial score (nSPS) is 11.2. The number of halogens is 3. The molecule has 94 valence electrons. The zero-order valence-corrected chi connectivity index (χ0v) is 10.2. The third kappa shape index (κ3) is 3.67. The van der Waals surface area contributed by atoms with Crippen LogP contribution in [0.2, 0.25) is 0 Å². The van der Waals surface area contributed by atoms with Crippen LogP contribution in [0.15, 0.2) is 29.7 Å². The average Bonchev–Trinajstić information content (AvgIpc) is 2.20. The highest BCUT2D eigenvalue weighted by atomic mass is 35.7. The molecule has 0 amide bonds. The maximum absolute atomic E-state index is 13.4. The molecule has 0 saturated heterocycles. The van der Waals surface area contributed by atoms with Crippen LogP contribution >= 0.6 is 10.7 Å². The maximum Gasteiger partial charge on any atom is 0.261 e. The first-order valence-corrected chi connectivity index (χ1v) is 6.84. The van der Waals surface area contributed by atoms with Crippen LogP contribution in [0.5, 0.6) is 5.75 Å². The molecule has 1 aromatic carbocycles. The van der Waals surface area contributed by atoms with Gasteiger partial charge in [-0.25, -0.2) is 17.2 Å². The molecule has 0 aliphatic rings. The second-order valence-corrected chi connectivity index (χ2v) is 5.65. The van der Waals surface area contributed by atoms with Gasteiger partial charge in [-0.2, -0.15) is 0 Å². The first kappa shape index (κ1) is 13.9. The van der Waals surface area contributed by atoms with Crippen LogP contribution in [0.4, 0.5) is 8.78 Å². The van der Waals surface area contributed by atoms with Crippen LogP contribution in [0, 0.1) is 11.6 Å². The maximum atomic E-state index is 13.4. The number of ether oxygens (including phenoxy) is 1. The molecular weight excluding hydrogens is 274 g/mol. The molecule has 0 aromatic heterocycles. The summed E-state index contributed by atoms with van der Waals surface area (Å²) in [4.78, 5) is -0.648. The van der Waals surface area contributed by atoms with Crippen LogP contribution < -0.4 is 4.74 Å². The summed E-state index contributed by atoms with van der Waals surface area (Å²) in [6, 6.07) is 1.21. The van der Waals surface area contributed by atoms with Gasteiger partial charge in [-0.05, 0) is 18.6 Å². The summed E-state index contributed by atoms with van der Waals surface area (Å²) in [5.41, 5.74) is 0. The summed E-state index contributed by atoms with van der Waals surface area (Å²) >= 11 is 0. The van der Waals surface area contributed by atoms with Crippen LogP contribution in [-0.2, 0) is 9.05 Å². The summed E-state index contributed by atoms with van der Waals surface area (Å²) in [7, 11) is 0.797. The van der Waals surface area contributed by atoms with Crippen molar-refractivity contribution in [1.29, 1.82) is 0 Å². The largest absolute Gasteiger partial charge is 0.487 e. The van der Waals surface area contributed by atoms with E-state index < -0.39 is 31.3 Å². The van der Waals surface area contributed by atoms with Gasteiger partial charge in [0.05, 0.1) is 11.5 Å². The lowest BCUT2D eigenvalue weighted by Crippen LogP contribution is -2.02. The third-order valence-electron chi connectivity index (χ3n) is 1.82. The molecule has 0 radical (unpaired) electrons. The standard InChI is InChI=1S/C10H9ClF2O3S/c1-2-3-4-16-10-8(12)5-7(6-9(10)13)17(11,14)15/h2,5-6H,1,3-4H2. The lowest BCUT2D eigenvalue weighted by Gasteiger charge is -2.08. The van der Waals surface area contributed by atoms with Crippen molar-refractivity contribution < 1.29 is 21.9 Å². The first-order chi connectivity index (χ1) is 7.86. The molecule has 0 aliphatic heterocycles. The summed E-state index contributed by atoms with van der Waals surface area (Å²) in [6.07, 6.45) is 1.93. The van der Waals surface area contributed by atoms with Gasteiger partial charge < -0.3 is 4.74 Å². The lowest BCUT2D eigenvalue weighted by atomic mass is 10.3. The van der Waals surface area contributed by atoms with E-state index in [2.05, 4.69) is 6.58 Å². The fourth-order valence-electron chi connectivity index (χ4n) is 1.06. The van der Waals surface area contributed by atoms with E-state index in [1.807, 2.05) is 0 Å². The number of benzene rings is 1. The molecule has 0 N–H and O–H groups in total. The van der Waals surface area contributed by atoms with Gasteiger partial charge in [0, 0.05) is 10.7 Å². The molecule has 17 heavy (non-hydrogen) atoms. The summed E-state index contributed by atoms with van der Waals surface area (Å²) in [5, 5.41) is 0. The molecule has 3 nitrogen and oxygen atoms in total. The van der Waals surface area contributed by atoms with Gasteiger partial charge in [0.1, 0.15) is 0 Å². The van der Waals surface area contributed by atoms with E-state index in [1.54, 1.807) is 0 Å². The lowest BCUT2D eigenvalue weighted by molar-refractivity contribution is 0.290. The second kappa shape index (κ2) is 5.46. The number of rotatable bonds is 5. The highest BCUT2D eigenvalue weighted by molar-refractivity contribution is 8.13. The molecule has 0 saturated carbocycles. The van der Waals surface area contributed by atoms with E-state index in [-0.39, 0.29) is 6.61 Å². The quantitative estimate of drug-likeness (QED) is 0.474. The van der Waals surface area contributed by atoms with Crippen molar-refractivity contribution in [2.75, 3.05) is 6.61 Å². The molecule has 0 atom stereocenters. The van der Waals surface area contributed by atoms with Gasteiger partial charge in [-0.3, -0.25) is 0 Å². The van der Waals surface area contributed by atoms with Crippen molar-refractivity contribution in [3.63, 3.8) is 0 Å². The van der Waals surface area contributed by atoms with Crippen molar-refractivity contribution in [2.24, 2.45) is 0 Å². The predicted octanol–water partition coefficient (Wildman–Crippen LogP) is 2.85. The monoisotopic (exact) mass is 282 g/mol. The van der Waals surface area contributed by atoms with E-state index >= 15 is 0 Å². The highest BCUT2D eigenvalue weighted by Gasteiger charge is 2.18. The Morgan fingerprint density at radius 3 is 2.29 bits per heavy atom. The van der Waals surface area contributed by atoms with Crippen LogP contribution in [0.1, 0.15) is 6.42 Å². The van der Waals surface area contributed by atoms with Crippen molar-refractivity contribution in [1.82, 2.24) is 0 Å². The van der Waals surface area contributed by atoms with Crippen molar-refractivity contribution in [3.05, 3.63) is 36.4 Å². The van der Waals surface area contributed by atoms with Crippen LogP contribution in [0.25, 0.3) is 0 Å². The number of hydrogen-bond donors (Lipinski definition) is 0. The smallest absolute Gasteiger partial charge is 0.261 e. The zero-order valence-electron chi connectivity index (χ0n) is 8.62. The Morgan fingerprint density at radius 2 is 1.88 bits per heavy atom. The Bertz CT molecular complexity index is 505. The minimum atomic E-state index is -4.17. The molecule has 1 aromatic rings. The minimum Gasteiger partial charge on any atom is -0.487 e. The number of hydrogen-bond acceptors (Lipinski definition) is 3. The fourth-order valence-corrected chi connectivity index (χ4v) is 1.82. The molecule has 0 fully saturated rings. The SMILES string of the molecule is C=CCCOc1c(F)cc(S(=O)(=O)Cl)cc1F. The van der Waals surface area contributed by atoms with Crippen molar-refractivity contribution >= 4 is 19.7 Å². The Hall–Kier alpha value is -1.14. The van der Waals surface area contributed by atoms with Crippen LogP contribution in [-0.4, -0.2) is 15.0 Å². The Kier molecular flexibility index (Phi) is 4.47. The molecule has 0 spiro atoms. The van der Waals surface area contributed by atoms with Gasteiger partial charge in [0.15, 0.2) is 17.4 Å². The highest BCUT2D eigenvalue weighted by Crippen LogP contribution is 2.27. The van der Waals surface area contributed by atoms with E-state index in [4.69, 9.17) is 15.4 Å². The van der Waals surface area contributed by atoms with Gasteiger partial charge in [-0.1, -0.05) is 6.08 Å². The minimum absolute atomic E-state index is 0.0459. The Labute approximate surface area is 102 Å². The van der Waals surface area contributed by atoms with E-state index in [0.29, 0.717) is 18.6 Å². The molecular formula is C10H9ClF2O3S. The topological polar surface area (TPSA) is 43.4 Å². The Balaban J connectivity index is 3.07. The summed E-state index contributed by atoms with van der Waals surface area (Å²) < 4.78 is 53.3. The van der Waals surface area contributed by atoms with Gasteiger partial charge in [-0.15, -0.1) is 6.58 Å². The van der Waals surface area contributed by atoms with Crippen molar-refractivity contribution in [2.45, 2.75) is 11.3 Å². The Morgan fingerprint density at radius 1 is 1.35 bits per heavy atom. The van der Waals surface area contributed by atoms with E-state index in [0.717, 1.165) is 0 Å². The fraction of sp³-hybridized carbons (Fsp3) is 0.200. The van der Waals surface area contributed by atoms with E-state index in [1.165, 1.54) is 6.08 Å². The van der Waals surface area contributed by atoms with Gasteiger partial charge in [0.25, 0.3) is 9.05 Å². The predicted molar refractivity (Wildman–Crippen MR) is 59.7 cm³/mol. The van der Waals surface area contributed by atoms with E-state index in [9.17, 15) is 17.2 Å². The molecule has 0 unspecified atom stereocenters. The molecule has 0 heterocycles. The first-order valence-electron chi connectivity index (χ1n) is 4.53. The molecule has 0 aliphatic carbocycles. The second-order valence-electron chi connectivity index (χ2n) is 3.08. The average molecular weight is 283 g/mol. The van der Waals surface area contributed by atoms with Gasteiger partial charge >= 0.3 is 0 Å². The molecule has 1 rings (SSSR count). The third-order valence-corrected chi connectivity index (χ3v) is 3.16. The summed E-state index contributed by atoms with van der Waals surface area (Å²) in [5.74, 6) is -2.86. The molecule has 7 heteroatoms. The van der Waals surface area contributed by atoms with Gasteiger partial charge in [0.2, 0.25) is 0 Å². The summed E-state index contributed by atoms with van der Waals surface area (Å²) in [6.45, 7) is 3.46. The van der Waals surface area contributed by atoms with Crippen LogP contribution in [0.3, 0.4) is 0 Å².